The number of carbonyl (C=O) groups is 1. The number of halogens is 3. The fourth-order valence-corrected chi connectivity index (χ4v) is 3.20. The maximum atomic E-state index is 12.0. The van der Waals surface area contributed by atoms with Crippen LogP contribution in [0.5, 0.6) is 5.75 Å². The number of thiophene rings is 1. The molecule has 0 bridgehead atoms. The van der Waals surface area contributed by atoms with Crippen molar-refractivity contribution >= 4 is 17.6 Å². The molecular weight excluding hydrogens is 393 g/mol. The molecule has 5 nitrogen and oxygen atoms in total. The molecule has 9 heteroatoms. The number of aldehydes is 1. The van der Waals surface area contributed by atoms with Crippen LogP contribution in [0.25, 0.3) is 11.1 Å². The Hall–Kier alpha value is -1.94. The number of alkyl halides is 3. The van der Waals surface area contributed by atoms with Crippen LogP contribution in [0.1, 0.15) is 9.67 Å². The molecule has 2 N–H and O–H groups in total. The summed E-state index contributed by atoms with van der Waals surface area (Å²) in [6.45, 7) is 4.33. The Balaban J connectivity index is 0.000000261. The SMILES string of the molecule is NCCN1CCOCC1.O=Cc1cc(-c2ccc(OCC(F)(F)F)cc2)cs1. The summed E-state index contributed by atoms with van der Waals surface area (Å²) < 4.78 is 45.7. The van der Waals surface area contributed by atoms with E-state index in [1.165, 1.54) is 23.5 Å². The average Bonchev–Trinajstić information content (AvgIpc) is 3.17. The van der Waals surface area contributed by atoms with Crippen LogP contribution in [0, 0.1) is 0 Å². The van der Waals surface area contributed by atoms with Gasteiger partial charge in [-0.15, -0.1) is 11.3 Å². The van der Waals surface area contributed by atoms with Crippen LogP contribution < -0.4 is 10.5 Å². The lowest BCUT2D eigenvalue weighted by Crippen LogP contribution is -2.39. The van der Waals surface area contributed by atoms with E-state index in [1.54, 1.807) is 18.2 Å². The first-order valence-corrected chi connectivity index (χ1v) is 9.63. The largest absolute Gasteiger partial charge is 0.484 e. The summed E-state index contributed by atoms with van der Waals surface area (Å²) >= 11 is 1.31. The Kier molecular flexibility index (Phi) is 8.91. The van der Waals surface area contributed by atoms with Gasteiger partial charge in [0.05, 0.1) is 18.1 Å². The van der Waals surface area contributed by atoms with Crippen LogP contribution in [-0.2, 0) is 4.74 Å². The Morgan fingerprint density at radius 3 is 2.39 bits per heavy atom. The zero-order valence-electron chi connectivity index (χ0n) is 15.3. The summed E-state index contributed by atoms with van der Waals surface area (Å²) in [6.07, 6.45) is -3.58. The van der Waals surface area contributed by atoms with E-state index < -0.39 is 12.8 Å². The standard InChI is InChI=1S/C13H9F3O2S.C6H14N2O/c14-13(15,16)8-18-11-3-1-9(2-4-11)10-5-12(6-17)19-7-10;7-1-2-8-3-5-9-6-4-8/h1-7H,8H2;1-7H2. The van der Waals surface area contributed by atoms with Gasteiger partial charge in [0, 0.05) is 26.2 Å². The quantitative estimate of drug-likeness (QED) is 0.731. The van der Waals surface area contributed by atoms with Crippen molar-refractivity contribution in [3.05, 3.63) is 40.6 Å². The summed E-state index contributed by atoms with van der Waals surface area (Å²) in [5.41, 5.74) is 7.06. The summed E-state index contributed by atoms with van der Waals surface area (Å²) in [5.74, 6) is 0.159. The Morgan fingerprint density at radius 2 is 1.86 bits per heavy atom. The second-order valence-electron chi connectivity index (χ2n) is 6.03. The highest BCUT2D eigenvalue weighted by Crippen LogP contribution is 2.27. The number of carbonyl (C=O) groups excluding carboxylic acids is 1. The highest BCUT2D eigenvalue weighted by molar-refractivity contribution is 7.12. The summed E-state index contributed by atoms with van der Waals surface area (Å²) in [6, 6.07) is 7.98. The molecule has 0 atom stereocenters. The van der Waals surface area contributed by atoms with Gasteiger partial charge in [-0.1, -0.05) is 12.1 Å². The van der Waals surface area contributed by atoms with Gasteiger partial charge in [0.1, 0.15) is 5.75 Å². The molecule has 1 fully saturated rings. The number of nitrogens with zero attached hydrogens (tertiary/aromatic N) is 1. The monoisotopic (exact) mass is 416 g/mol. The molecule has 0 radical (unpaired) electrons. The smallest absolute Gasteiger partial charge is 0.422 e. The van der Waals surface area contributed by atoms with Gasteiger partial charge in [0.25, 0.3) is 0 Å². The van der Waals surface area contributed by atoms with Crippen molar-refractivity contribution in [2.45, 2.75) is 6.18 Å². The van der Waals surface area contributed by atoms with E-state index in [0.717, 1.165) is 56.8 Å². The van der Waals surface area contributed by atoms with Gasteiger partial charge < -0.3 is 15.2 Å². The molecule has 2 heterocycles. The third-order valence-electron chi connectivity index (χ3n) is 3.88. The van der Waals surface area contributed by atoms with E-state index in [0.29, 0.717) is 4.88 Å². The number of nitrogens with two attached hydrogens (primary N) is 1. The number of morpholine rings is 1. The normalized spacial score (nSPS) is 14.9. The number of benzene rings is 1. The Labute approximate surface area is 165 Å². The fourth-order valence-electron chi connectivity index (χ4n) is 2.48. The Bertz CT molecular complexity index is 711. The van der Waals surface area contributed by atoms with Crippen molar-refractivity contribution < 1.29 is 27.4 Å². The molecule has 0 unspecified atom stereocenters. The number of ether oxygens (including phenoxy) is 2. The molecule has 0 spiro atoms. The molecular formula is C19H23F3N2O3S. The summed E-state index contributed by atoms with van der Waals surface area (Å²) in [7, 11) is 0. The third-order valence-corrected chi connectivity index (χ3v) is 4.73. The summed E-state index contributed by atoms with van der Waals surface area (Å²) in [4.78, 5) is 13.5. The number of rotatable bonds is 6. The van der Waals surface area contributed by atoms with Crippen molar-refractivity contribution in [1.29, 1.82) is 0 Å². The van der Waals surface area contributed by atoms with Gasteiger partial charge in [-0.25, -0.2) is 0 Å². The molecule has 154 valence electrons. The van der Waals surface area contributed by atoms with Crippen molar-refractivity contribution in [3.8, 4) is 16.9 Å². The van der Waals surface area contributed by atoms with Crippen molar-refractivity contribution in [3.63, 3.8) is 0 Å². The van der Waals surface area contributed by atoms with Crippen LogP contribution in [0.4, 0.5) is 13.2 Å². The maximum Gasteiger partial charge on any atom is 0.422 e. The molecule has 3 rings (SSSR count). The van der Waals surface area contributed by atoms with Gasteiger partial charge in [-0.2, -0.15) is 13.2 Å². The van der Waals surface area contributed by atoms with Crippen molar-refractivity contribution in [2.75, 3.05) is 46.0 Å². The van der Waals surface area contributed by atoms with Crippen LogP contribution in [0.3, 0.4) is 0 Å². The van der Waals surface area contributed by atoms with Crippen molar-refractivity contribution in [1.82, 2.24) is 4.90 Å². The second kappa shape index (κ2) is 11.2. The molecule has 1 aromatic carbocycles. The third kappa shape index (κ3) is 7.97. The minimum Gasteiger partial charge on any atom is -0.484 e. The van der Waals surface area contributed by atoms with Gasteiger partial charge in [-0.05, 0) is 34.7 Å². The molecule has 1 aliphatic heterocycles. The molecule has 28 heavy (non-hydrogen) atoms. The predicted molar refractivity (Wildman–Crippen MR) is 103 cm³/mol. The molecule has 1 aliphatic rings. The molecule has 1 saturated heterocycles. The average molecular weight is 416 g/mol. The second-order valence-corrected chi connectivity index (χ2v) is 6.97. The van der Waals surface area contributed by atoms with E-state index in [4.69, 9.17) is 10.5 Å². The zero-order chi connectivity index (χ0) is 20.4. The first-order chi connectivity index (χ1) is 13.4. The van der Waals surface area contributed by atoms with Gasteiger partial charge in [-0.3, -0.25) is 9.69 Å². The van der Waals surface area contributed by atoms with Gasteiger partial charge >= 0.3 is 6.18 Å². The lowest BCUT2D eigenvalue weighted by molar-refractivity contribution is -0.153. The first-order valence-electron chi connectivity index (χ1n) is 8.75. The lowest BCUT2D eigenvalue weighted by Gasteiger charge is -2.25. The molecule has 0 saturated carbocycles. The van der Waals surface area contributed by atoms with Crippen molar-refractivity contribution in [2.24, 2.45) is 5.73 Å². The van der Waals surface area contributed by atoms with E-state index in [9.17, 15) is 18.0 Å². The van der Waals surface area contributed by atoms with Gasteiger partial charge in [0.2, 0.25) is 0 Å². The van der Waals surface area contributed by atoms with Gasteiger partial charge in [0.15, 0.2) is 12.9 Å². The molecule has 1 aromatic heterocycles. The summed E-state index contributed by atoms with van der Waals surface area (Å²) in [5, 5.41) is 1.81. The van der Waals surface area contributed by atoms with E-state index in [2.05, 4.69) is 9.64 Å². The lowest BCUT2D eigenvalue weighted by atomic mass is 10.1. The minimum absolute atomic E-state index is 0.159. The number of hydrogen-bond acceptors (Lipinski definition) is 6. The van der Waals surface area contributed by atoms with E-state index in [-0.39, 0.29) is 5.75 Å². The zero-order valence-corrected chi connectivity index (χ0v) is 16.1. The van der Waals surface area contributed by atoms with E-state index >= 15 is 0 Å². The molecule has 0 amide bonds. The minimum atomic E-state index is -4.34. The topological polar surface area (TPSA) is 64.8 Å². The molecule has 0 aliphatic carbocycles. The number of hydrogen-bond donors (Lipinski definition) is 1. The van der Waals surface area contributed by atoms with Crippen LogP contribution in [0.2, 0.25) is 0 Å². The highest BCUT2D eigenvalue weighted by Gasteiger charge is 2.28. The van der Waals surface area contributed by atoms with Crippen LogP contribution >= 0.6 is 11.3 Å². The Morgan fingerprint density at radius 1 is 1.18 bits per heavy atom. The highest BCUT2D eigenvalue weighted by atomic mass is 32.1. The van der Waals surface area contributed by atoms with Crippen LogP contribution in [-0.4, -0.2) is 63.4 Å². The maximum absolute atomic E-state index is 12.0. The first kappa shape index (κ1) is 22.4. The van der Waals surface area contributed by atoms with E-state index in [1.807, 2.05) is 5.38 Å². The molecule has 2 aromatic rings. The predicted octanol–water partition coefficient (Wildman–Crippen LogP) is 3.45. The van der Waals surface area contributed by atoms with Crippen LogP contribution in [0.15, 0.2) is 35.7 Å². The fraction of sp³-hybridized carbons (Fsp3) is 0.421.